The Balaban J connectivity index is 1.50. The Labute approximate surface area is 120 Å². The van der Waals surface area contributed by atoms with Crippen LogP contribution in [-0.2, 0) is 9.53 Å². The van der Waals surface area contributed by atoms with Crippen molar-refractivity contribution in [3.63, 3.8) is 0 Å². The smallest absolute Gasteiger partial charge is 0.306 e. The van der Waals surface area contributed by atoms with E-state index in [1.165, 1.54) is 19.3 Å². The van der Waals surface area contributed by atoms with E-state index in [0.717, 1.165) is 25.7 Å². The third kappa shape index (κ3) is 2.86. The van der Waals surface area contributed by atoms with Gasteiger partial charge in [0, 0.05) is 12.3 Å². The zero-order valence-corrected chi connectivity index (χ0v) is 12.0. The zero-order valence-electron chi connectivity index (χ0n) is 12.0. The second-order valence-corrected chi connectivity index (χ2v) is 6.91. The van der Waals surface area contributed by atoms with Crippen LogP contribution in [0.4, 0.5) is 0 Å². The van der Waals surface area contributed by atoms with Gasteiger partial charge in [-0.05, 0) is 37.5 Å². The lowest BCUT2D eigenvalue weighted by Crippen LogP contribution is -2.26. The van der Waals surface area contributed by atoms with Crippen LogP contribution in [0.3, 0.4) is 0 Å². The van der Waals surface area contributed by atoms with Crippen molar-refractivity contribution < 1.29 is 19.7 Å². The van der Waals surface area contributed by atoms with Gasteiger partial charge in [0.2, 0.25) is 0 Å². The van der Waals surface area contributed by atoms with Gasteiger partial charge in [-0.3, -0.25) is 4.79 Å². The number of carbonyl (C=O) groups is 1. The summed E-state index contributed by atoms with van der Waals surface area (Å²) < 4.78 is 5.25. The molecule has 2 saturated carbocycles. The minimum absolute atomic E-state index is 0.0747. The van der Waals surface area contributed by atoms with Crippen molar-refractivity contribution in [1.29, 1.82) is 0 Å². The number of aliphatic hydroxyl groups is 2. The number of esters is 1. The molecule has 0 aromatic heterocycles. The Morgan fingerprint density at radius 1 is 1.25 bits per heavy atom. The summed E-state index contributed by atoms with van der Waals surface area (Å²) in [5.41, 5.74) is 0. The number of aliphatic hydroxyl groups excluding tert-OH is 2. The molecule has 0 aromatic rings. The molecule has 2 N–H and O–H groups in total. The molecule has 1 heterocycles. The summed E-state index contributed by atoms with van der Waals surface area (Å²) >= 11 is 0. The van der Waals surface area contributed by atoms with Crippen molar-refractivity contribution in [3.8, 4) is 0 Å². The van der Waals surface area contributed by atoms with E-state index in [9.17, 15) is 15.0 Å². The molecule has 4 nitrogen and oxygen atoms in total. The first-order valence-corrected chi connectivity index (χ1v) is 8.20. The van der Waals surface area contributed by atoms with E-state index in [1.54, 1.807) is 0 Å². The highest BCUT2D eigenvalue weighted by Crippen LogP contribution is 2.44. The lowest BCUT2D eigenvalue weighted by molar-refractivity contribution is -0.141. The van der Waals surface area contributed by atoms with E-state index in [1.807, 2.05) is 0 Å². The van der Waals surface area contributed by atoms with Crippen molar-refractivity contribution in [2.24, 2.45) is 17.8 Å². The van der Waals surface area contributed by atoms with Gasteiger partial charge in [-0.15, -0.1) is 0 Å². The number of hydrogen-bond donors (Lipinski definition) is 2. The average molecular weight is 282 g/mol. The minimum atomic E-state index is -0.364. The molecule has 114 valence electrons. The van der Waals surface area contributed by atoms with Crippen molar-refractivity contribution in [2.75, 3.05) is 0 Å². The van der Waals surface area contributed by atoms with Crippen molar-refractivity contribution in [3.05, 3.63) is 0 Å². The average Bonchev–Trinajstić information content (AvgIpc) is 2.92. The Morgan fingerprint density at radius 2 is 2.00 bits per heavy atom. The second-order valence-electron chi connectivity index (χ2n) is 6.91. The van der Waals surface area contributed by atoms with Crippen LogP contribution in [0.25, 0.3) is 0 Å². The van der Waals surface area contributed by atoms with Gasteiger partial charge in [0.25, 0.3) is 0 Å². The fourth-order valence-electron chi connectivity index (χ4n) is 4.50. The molecule has 0 spiro atoms. The van der Waals surface area contributed by atoms with E-state index in [0.29, 0.717) is 18.8 Å². The topological polar surface area (TPSA) is 66.8 Å². The minimum Gasteiger partial charge on any atom is -0.462 e. The maximum atomic E-state index is 11.3. The number of rotatable bonds is 4. The Bertz CT molecular complexity index is 350. The molecule has 20 heavy (non-hydrogen) atoms. The first-order chi connectivity index (χ1) is 9.65. The number of ether oxygens (including phenoxy) is 1. The lowest BCUT2D eigenvalue weighted by atomic mass is 9.81. The highest BCUT2D eigenvalue weighted by Gasteiger charge is 2.49. The third-order valence-corrected chi connectivity index (χ3v) is 5.67. The highest BCUT2D eigenvalue weighted by molar-refractivity contribution is 5.72. The van der Waals surface area contributed by atoms with Gasteiger partial charge >= 0.3 is 5.97 Å². The quantitative estimate of drug-likeness (QED) is 0.774. The molecule has 3 unspecified atom stereocenters. The zero-order chi connectivity index (χ0) is 14.1. The SMILES string of the molecule is O=C1CC2C(CC[C@H](O)C3CCCCC3)C(O)C[C@@H]2O1. The molecule has 4 heteroatoms. The van der Waals surface area contributed by atoms with E-state index in [-0.39, 0.29) is 36.1 Å². The maximum Gasteiger partial charge on any atom is 0.306 e. The van der Waals surface area contributed by atoms with E-state index in [2.05, 4.69) is 0 Å². The molecule has 0 bridgehead atoms. The van der Waals surface area contributed by atoms with Gasteiger partial charge in [-0.1, -0.05) is 19.3 Å². The molecule has 3 aliphatic rings. The summed E-state index contributed by atoms with van der Waals surface area (Å²) in [7, 11) is 0. The van der Waals surface area contributed by atoms with E-state index in [4.69, 9.17) is 4.74 Å². The summed E-state index contributed by atoms with van der Waals surface area (Å²) in [6.45, 7) is 0. The summed E-state index contributed by atoms with van der Waals surface area (Å²) in [6.07, 6.45) is 7.98. The number of fused-ring (bicyclic) bond motifs is 1. The van der Waals surface area contributed by atoms with Crippen molar-refractivity contribution in [2.45, 2.75) is 76.1 Å². The van der Waals surface area contributed by atoms with Gasteiger partial charge in [0.15, 0.2) is 0 Å². The second kappa shape index (κ2) is 6.02. The Morgan fingerprint density at radius 3 is 2.75 bits per heavy atom. The summed E-state index contributed by atoms with van der Waals surface area (Å²) in [5, 5.41) is 20.5. The van der Waals surface area contributed by atoms with Crippen LogP contribution in [0, 0.1) is 17.8 Å². The fourth-order valence-corrected chi connectivity index (χ4v) is 4.50. The standard InChI is InChI=1S/C16H26O4/c17-13(10-4-2-1-3-5-10)7-6-11-12-8-16(19)20-15(12)9-14(11)18/h10-15,17-18H,1-9H2/t11?,12?,13-,14?,15-/m0/s1. The van der Waals surface area contributed by atoms with Gasteiger partial charge in [0.1, 0.15) is 6.10 Å². The normalized spacial score (nSPS) is 39.6. The third-order valence-electron chi connectivity index (χ3n) is 5.67. The molecule has 5 atom stereocenters. The Hall–Kier alpha value is -0.610. The largest absolute Gasteiger partial charge is 0.462 e. The maximum absolute atomic E-state index is 11.3. The van der Waals surface area contributed by atoms with Crippen LogP contribution < -0.4 is 0 Å². The first-order valence-electron chi connectivity index (χ1n) is 8.20. The molecule has 3 fully saturated rings. The molecular formula is C16H26O4. The molecule has 2 aliphatic carbocycles. The number of carbonyl (C=O) groups excluding carboxylic acids is 1. The predicted octanol–water partition coefficient (Wildman–Crippen LogP) is 2.02. The molecule has 1 saturated heterocycles. The summed E-state index contributed by atoms with van der Waals surface area (Å²) in [4.78, 5) is 11.3. The lowest BCUT2D eigenvalue weighted by Gasteiger charge is -2.28. The van der Waals surface area contributed by atoms with E-state index >= 15 is 0 Å². The predicted molar refractivity (Wildman–Crippen MR) is 73.9 cm³/mol. The monoisotopic (exact) mass is 282 g/mol. The highest BCUT2D eigenvalue weighted by atomic mass is 16.6. The molecule has 0 radical (unpaired) electrons. The van der Waals surface area contributed by atoms with Gasteiger partial charge < -0.3 is 14.9 Å². The van der Waals surface area contributed by atoms with Crippen LogP contribution in [0.5, 0.6) is 0 Å². The first kappa shape index (κ1) is 14.3. The van der Waals surface area contributed by atoms with Crippen LogP contribution in [0.15, 0.2) is 0 Å². The van der Waals surface area contributed by atoms with Gasteiger partial charge in [0.05, 0.1) is 18.6 Å². The van der Waals surface area contributed by atoms with Crippen LogP contribution in [0.1, 0.15) is 57.8 Å². The van der Waals surface area contributed by atoms with E-state index < -0.39 is 0 Å². The van der Waals surface area contributed by atoms with Gasteiger partial charge in [-0.2, -0.15) is 0 Å². The van der Waals surface area contributed by atoms with Crippen LogP contribution in [-0.4, -0.2) is 34.5 Å². The summed E-state index contributed by atoms with van der Waals surface area (Å²) in [5.74, 6) is 0.630. The fraction of sp³-hybridized carbons (Fsp3) is 0.938. The van der Waals surface area contributed by atoms with Crippen LogP contribution in [0.2, 0.25) is 0 Å². The molecular weight excluding hydrogens is 256 g/mol. The molecule has 1 aliphatic heterocycles. The molecule has 0 amide bonds. The van der Waals surface area contributed by atoms with Crippen LogP contribution >= 0.6 is 0 Å². The number of hydrogen-bond acceptors (Lipinski definition) is 4. The summed E-state index contributed by atoms with van der Waals surface area (Å²) in [6, 6.07) is 0. The molecule has 3 rings (SSSR count). The van der Waals surface area contributed by atoms with Gasteiger partial charge in [-0.25, -0.2) is 0 Å². The van der Waals surface area contributed by atoms with Crippen molar-refractivity contribution >= 4 is 5.97 Å². The van der Waals surface area contributed by atoms with Crippen molar-refractivity contribution in [1.82, 2.24) is 0 Å². The molecule has 0 aromatic carbocycles. The Kier molecular flexibility index (Phi) is 4.32.